The van der Waals surface area contributed by atoms with E-state index in [1.54, 1.807) is 0 Å². The van der Waals surface area contributed by atoms with Crippen LogP contribution >= 0.6 is 0 Å². The molecule has 1 unspecified atom stereocenters. The molecule has 0 aliphatic heterocycles. The first-order valence-electron chi connectivity index (χ1n) is 7.18. The SMILES string of the molecule is C#CCCCC(=O)OCC(COC(=O)CCCCN)C(=O)O. The van der Waals surface area contributed by atoms with Gasteiger partial charge in [0.25, 0.3) is 0 Å². The fourth-order valence-corrected chi connectivity index (χ4v) is 1.47. The molecule has 0 saturated carbocycles. The van der Waals surface area contributed by atoms with E-state index in [-0.39, 0.29) is 26.1 Å². The Bertz CT molecular complexity index is 401. The summed E-state index contributed by atoms with van der Waals surface area (Å²) in [5.41, 5.74) is 5.30. The van der Waals surface area contributed by atoms with E-state index in [9.17, 15) is 14.4 Å². The number of carboxylic acid groups (broad SMARTS) is 1. The van der Waals surface area contributed by atoms with Crippen LogP contribution in [-0.4, -0.2) is 42.8 Å². The van der Waals surface area contributed by atoms with E-state index in [0.717, 1.165) is 0 Å². The van der Waals surface area contributed by atoms with E-state index in [2.05, 4.69) is 5.92 Å². The molecule has 0 aliphatic carbocycles. The van der Waals surface area contributed by atoms with E-state index in [1.165, 1.54) is 0 Å². The molecule has 1 atom stereocenters. The third-order valence-corrected chi connectivity index (χ3v) is 2.78. The molecule has 0 radical (unpaired) electrons. The van der Waals surface area contributed by atoms with Crippen LogP contribution in [0.5, 0.6) is 0 Å². The zero-order valence-electron chi connectivity index (χ0n) is 12.6. The molecule has 7 nitrogen and oxygen atoms in total. The first kappa shape index (κ1) is 19.9. The Kier molecular flexibility index (Phi) is 11.5. The largest absolute Gasteiger partial charge is 0.481 e. The van der Waals surface area contributed by atoms with Gasteiger partial charge in [0, 0.05) is 19.3 Å². The quantitative estimate of drug-likeness (QED) is 0.309. The van der Waals surface area contributed by atoms with Crippen LogP contribution in [0.25, 0.3) is 0 Å². The second-order valence-corrected chi connectivity index (χ2v) is 4.70. The molecule has 22 heavy (non-hydrogen) atoms. The van der Waals surface area contributed by atoms with E-state index in [0.29, 0.717) is 32.2 Å². The first-order valence-corrected chi connectivity index (χ1v) is 7.18. The van der Waals surface area contributed by atoms with Gasteiger partial charge in [0.05, 0.1) is 0 Å². The summed E-state index contributed by atoms with van der Waals surface area (Å²) in [6.45, 7) is -0.171. The number of nitrogens with two attached hydrogens (primary N) is 1. The summed E-state index contributed by atoms with van der Waals surface area (Å²) in [4.78, 5) is 33.7. The Morgan fingerprint density at radius 2 is 1.59 bits per heavy atom. The lowest BCUT2D eigenvalue weighted by molar-refractivity contribution is -0.156. The average molecular weight is 313 g/mol. The highest BCUT2D eigenvalue weighted by Gasteiger charge is 2.21. The van der Waals surface area contributed by atoms with Gasteiger partial charge in [-0.2, -0.15) is 0 Å². The number of carbonyl (C=O) groups is 3. The molecule has 0 spiro atoms. The lowest BCUT2D eigenvalue weighted by Crippen LogP contribution is -2.27. The van der Waals surface area contributed by atoms with Gasteiger partial charge in [-0.15, -0.1) is 12.3 Å². The molecule has 124 valence electrons. The topological polar surface area (TPSA) is 116 Å². The molecule has 0 aromatic carbocycles. The van der Waals surface area contributed by atoms with Crippen molar-refractivity contribution in [1.82, 2.24) is 0 Å². The molecule has 0 fully saturated rings. The molecule has 0 aliphatic rings. The van der Waals surface area contributed by atoms with Crippen LogP contribution in [-0.2, 0) is 23.9 Å². The molecular weight excluding hydrogens is 290 g/mol. The maximum atomic E-state index is 11.4. The third-order valence-electron chi connectivity index (χ3n) is 2.78. The number of carbonyl (C=O) groups excluding carboxylic acids is 2. The van der Waals surface area contributed by atoms with Crippen LogP contribution < -0.4 is 5.73 Å². The number of hydrogen-bond acceptors (Lipinski definition) is 6. The van der Waals surface area contributed by atoms with Gasteiger partial charge in [-0.25, -0.2) is 0 Å². The number of esters is 2. The van der Waals surface area contributed by atoms with Gasteiger partial charge >= 0.3 is 17.9 Å². The van der Waals surface area contributed by atoms with Crippen LogP contribution in [0.4, 0.5) is 0 Å². The van der Waals surface area contributed by atoms with E-state index >= 15 is 0 Å². The third kappa shape index (κ3) is 10.7. The van der Waals surface area contributed by atoms with Crippen molar-refractivity contribution in [3.63, 3.8) is 0 Å². The summed E-state index contributed by atoms with van der Waals surface area (Å²) in [5.74, 6) is -0.874. The van der Waals surface area contributed by atoms with Crippen molar-refractivity contribution in [2.24, 2.45) is 11.7 Å². The van der Waals surface area contributed by atoms with Gasteiger partial charge in [0.15, 0.2) is 0 Å². The number of aliphatic carboxylic acids is 1. The molecule has 3 N–H and O–H groups in total. The maximum absolute atomic E-state index is 11.4. The molecule has 0 aromatic rings. The predicted octanol–water partition coefficient (Wildman–Crippen LogP) is 0.706. The maximum Gasteiger partial charge on any atom is 0.313 e. The van der Waals surface area contributed by atoms with Crippen molar-refractivity contribution in [2.45, 2.75) is 38.5 Å². The van der Waals surface area contributed by atoms with Crippen LogP contribution in [0.2, 0.25) is 0 Å². The van der Waals surface area contributed by atoms with Gasteiger partial charge in [-0.05, 0) is 25.8 Å². The molecule has 0 aromatic heterocycles. The number of rotatable bonds is 12. The number of carboxylic acids is 1. The second-order valence-electron chi connectivity index (χ2n) is 4.70. The minimum atomic E-state index is -1.19. The van der Waals surface area contributed by atoms with Gasteiger partial charge in [-0.3, -0.25) is 14.4 Å². The fourth-order valence-electron chi connectivity index (χ4n) is 1.47. The average Bonchev–Trinajstić information content (AvgIpc) is 2.47. The molecule has 7 heteroatoms. The van der Waals surface area contributed by atoms with Crippen molar-refractivity contribution in [1.29, 1.82) is 0 Å². The lowest BCUT2D eigenvalue weighted by atomic mass is 10.2. The Morgan fingerprint density at radius 3 is 2.05 bits per heavy atom. The monoisotopic (exact) mass is 313 g/mol. The minimum Gasteiger partial charge on any atom is -0.481 e. The van der Waals surface area contributed by atoms with Crippen LogP contribution in [0.3, 0.4) is 0 Å². The molecule has 0 bridgehead atoms. The van der Waals surface area contributed by atoms with Crippen LogP contribution in [0.1, 0.15) is 38.5 Å². The fraction of sp³-hybridized carbons (Fsp3) is 0.667. The van der Waals surface area contributed by atoms with E-state index in [4.69, 9.17) is 26.7 Å². The van der Waals surface area contributed by atoms with Crippen molar-refractivity contribution in [2.75, 3.05) is 19.8 Å². The Labute approximate surface area is 130 Å². The zero-order chi connectivity index (χ0) is 16.8. The second kappa shape index (κ2) is 12.7. The summed E-state index contributed by atoms with van der Waals surface area (Å²) in [5, 5.41) is 9.00. The van der Waals surface area contributed by atoms with Gasteiger partial charge in [0.1, 0.15) is 19.1 Å². The first-order chi connectivity index (χ1) is 10.5. The summed E-state index contributed by atoms with van der Waals surface area (Å²) in [6, 6.07) is 0. The highest BCUT2D eigenvalue weighted by Crippen LogP contribution is 2.05. The molecule has 0 rings (SSSR count). The predicted molar refractivity (Wildman–Crippen MR) is 78.6 cm³/mol. The van der Waals surface area contributed by atoms with Crippen molar-refractivity contribution >= 4 is 17.9 Å². The normalized spacial score (nSPS) is 11.3. The van der Waals surface area contributed by atoms with Crippen LogP contribution in [0.15, 0.2) is 0 Å². The smallest absolute Gasteiger partial charge is 0.313 e. The number of hydrogen-bond donors (Lipinski definition) is 2. The molecule has 0 heterocycles. The summed E-state index contributed by atoms with van der Waals surface area (Å²) in [6.07, 6.45) is 7.62. The molecular formula is C15H23NO6. The lowest BCUT2D eigenvalue weighted by Gasteiger charge is -2.13. The highest BCUT2D eigenvalue weighted by molar-refractivity contribution is 5.73. The standard InChI is InChI=1S/C15H23NO6/c1-2-3-4-7-13(17)21-10-12(15(19)20)11-22-14(18)8-5-6-9-16/h1,12H,3-11,16H2,(H,19,20). The van der Waals surface area contributed by atoms with Crippen molar-refractivity contribution < 1.29 is 29.0 Å². The van der Waals surface area contributed by atoms with E-state index in [1.807, 2.05) is 0 Å². The Morgan fingerprint density at radius 1 is 1.05 bits per heavy atom. The van der Waals surface area contributed by atoms with Crippen LogP contribution in [0, 0.1) is 18.3 Å². The molecule has 0 saturated heterocycles. The summed E-state index contributed by atoms with van der Waals surface area (Å²) in [7, 11) is 0. The zero-order valence-corrected chi connectivity index (χ0v) is 12.6. The minimum absolute atomic E-state index is 0.134. The highest BCUT2D eigenvalue weighted by atomic mass is 16.5. The van der Waals surface area contributed by atoms with Crippen molar-refractivity contribution in [3.8, 4) is 12.3 Å². The van der Waals surface area contributed by atoms with Crippen molar-refractivity contribution in [3.05, 3.63) is 0 Å². The summed E-state index contributed by atoms with van der Waals surface area (Å²) >= 11 is 0. The van der Waals surface area contributed by atoms with Gasteiger partial charge in [0.2, 0.25) is 0 Å². The Balaban J connectivity index is 4.01. The van der Waals surface area contributed by atoms with Gasteiger partial charge < -0.3 is 20.3 Å². The Hall–Kier alpha value is -2.07. The number of ether oxygens (including phenoxy) is 2. The van der Waals surface area contributed by atoms with E-state index < -0.39 is 23.8 Å². The number of unbranched alkanes of at least 4 members (excludes halogenated alkanes) is 2. The number of terminal acetylenes is 1. The molecule has 0 amide bonds. The summed E-state index contributed by atoms with van der Waals surface area (Å²) < 4.78 is 9.71. The van der Waals surface area contributed by atoms with Gasteiger partial charge in [-0.1, -0.05) is 0 Å².